The molecule has 0 saturated heterocycles. The zero-order valence-electron chi connectivity index (χ0n) is 8.95. The van der Waals surface area contributed by atoms with E-state index < -0.39 is 0 Å². The van der Waals surface area contributed by atoms with Gasteiger partial charge in [-0.1, -0.05) is 39.1 Å². The Hall–Kier alpha value is -1.10. The summed E-state index contributed by atoms with van der Waals surface area (Å²) < 4.78 is 0.936. The fraction of sp³-hybridized carbons (Fsp3) is 0. The van der Waals surface area contributed by atoms with E-state index in [9.17, 15) is 4.79 Å². The molecule has 2 rings (SSSR count). The van der Waals surface area contributed by atoms with Crippen LogP contribution in [0, 0.1) is 0 Å². The van der Waals surface area contributed by atoms with Crippen molar-refractivity contribution < 1.29 is 4.79 Å². The lowest BCUT2D eigenvalue weighted by molar-refractivity contribution is 0.102. The number of hydrogen-bond acceptors (Lipinski definition) is 2. The summed E-state index contributed by atoms with van der Waals surface area (Å²) in [5.74, 6) is -0.327. The molecule has 3 nitrogen and oxygen atoms in total. The van der Waals surface area contributed by atoms with E-state index in [1.807, 2.05) is 12.1 Å². The molecule has 0 fully saturated rings. The van der Waals surface area contributed by atoms with E-state index in [2.05, 4.69) is 26.2 Å². The van der Waals surface area contributed by atoms with Crippen molar-refractivity contribution in [3.63, 3.8) is 0 Å². The zero-order chi connectivity index (χ0) is 13.1. The minimum atomic E-state index is -0.327. The number of rotatable bonds is 2. The van der Waals surface area contributed by atoms with Gasteiger partial charge in [-0.05, 0) is 30.3 Å². The number of pyridine rings is 1. The topological polar surface area (TPSA) is 42.0 Å². The molecule has 1 N–H and O–H groups in total. The van der Waals surface area contributed by atoms with Crippen molar-refractivity contribution in [3.8, 4) is 0 Å². The molecule has 0 aliphatic heterocycles. The minimum Gasteiger partial charge on any atom is -0.322 e. The van der Waals surface area contributed by atoms with Crippen molar-refractivity contribution >= 4 is 50.7 Å². The normalized spacial score (nSPS) is 10.2. The maximum Gasteiger partial charge on any atom is 0.257 e. The molecule has 1 aromatic carbocycles. The predicted molar refractivity (Wildman–Crippen MR) is 76.4 cm³/mol. The molecule has 0 aliphatic carbocycles. The molecule has 0 unspecified atom stereocenters. The third kappa shape index (κ3) is 3.22. The highest BCUT2D eigenvalue weighted by molar-refractivity contribution is 9.10. The summed E-state index contributed by atoms with van der Waals surface area (Å²) in [4.78, 5) is 15.8. The molecule has 92 valence electrons. The highest BCUT2D eigenvalue weighted by Crippen LogP contribution is 2.20. The number of amides is 1. The Morgan fingerprint density at radius 3 is 2.56 bits per heavy atom. The largest absolute Gasteiger partial charge is 0.322 e. The van der Waals surface area contributed by atoms with Gasteiger partial charge in [-0.3, -0.25) is 4.79 Å². The van der Waals surface area contributed by atoms with E-state index in [4.69, 9.17) is 23.2 Å². The van der Waals surface area contributed by atoms with Crippen molar-refractivity contribution in [1.29, 1.82) is 0 Å². The first-order valence-corrected chi connectivity index (χ1v) is 6.49. The molecule has 2 aromatic rings. The van der Waals surface area contributed by atoms with Gasteiger partial charge in [0.25, 0.3) is 5.91 Å². The molecule has 0 aliphatic rings. The van der Waals surface area contributed by atoms with Crippen LogP contribution in [0.2, 0.25) is 10.2 Å². The Morgan fingerprint density at radius 1 is 1.22 bits per heavy atom. The van der Waals surface area contributed by atoms with Crippen molar-refractivity contribution in [3.05, 3.63) is 56.7 Å². The van der Waals surface area contributed by atoms with E-state index in [-0.39, 0.29) is 16.1 Å². The molecular formula is C12H7BrCl2N2O. The van der Waals surface area contributed by atoms with Crippen molar-refractivity contribution in [2.45, 2.75) is 0 Å². The van der Waals surface area contributed by atoms with Crippen LogP contribution in [-0.4, -0.2) is 10.9 Å². The van der Waals surface area contributed by atoms with Crippen LogP contribution < -0.4 is 5.32 Å². The van der Waals surface area contributed by atoms with Gasteiger partial charge in [0.2, 0.25) is 0 Å². The van der Waals surface area contributed by atoms with Crippen LogP contribution >= 0.6 is 39.1 Å². The number of anilines is 1. The predicted octanol–water partition coefficient (Wildman–Crippen LogP) is 4.40. The number of carbonyl (C=O) groups is 1. The molecular weight excluding hydrogens is 339 g/mol. The first-order valence-electron chi connectivity index (χ1n) is 4.94. The lowest BCUT2D eigenvalue weighted by atomic mass is 10.2. The lowest BCUT2D eigenvalue weighted by Crippen LogP contribution is -2.12. The monoisotopic (exact) mass is 344 g/mol. The van der Waals surface area contributed by atoms with E-state index in [0.717, 1.165) is 4.47 Å². The van der Waals surface area contributed by atoms with Crippen LogP contribution in [-0.2, 0) is 0 Å². The number of hydrogen-bond donors (Lipinski definition) is 1. The summed E-state index contributed by atoms with van der Waals surface area (Å²) in [6.07, 6.45) is 1.35. The van der Waals surface area contributed by atoms with Crippen LogP contribution in [0.3, 0.4) is 0 Å². The summed E-state index contributed by atoms with van der Waals surface area (Å²) in [6.45, 7) is 0. The highest BCUT2D eigenvalue weighted by atomic mass is 79.9. The molecule has 0 atom stereocenters. The quantitative estimate of drug-likeness (QED) is 0.819. The number of carbonyl (C=O) groups excluding carboxylic acids is 1. The van der Waals surface area contributed by atoms with E-state index in [0.29, 0.717) is 11.3 Å². The number of halogens is 3. The molecule has 1 heterocycles. The van der Waals surface area contributed by atoms with Gasteiger partial charge in [0.05, 0.1) is 10.6 Å². The van der Waals surface area contributed by atoms with Crippen molar-refractivity contribution in [1.82, 2.24) is 4.98 Å². The van der Waals surface area contributed by atoms with Crippen LogP contribution in [0.4, 0.5) is 5.69 Å². The van der Waals surface area contributed by atoms with Gasteiger partial charge in [0, 0.05) is 16.4 Å². The molecule has 0 radical (unpaired) electrons. The third-order valence-electron chi connectivity index (χ3n) is 2.17. The van der Waals surface area contributed by atoms with Gasteiger partial charge in [0.15, 0.2) is 0 Å². The number of nitrogens with one attached hydrogen (secondary N) is 1. The van der Waals surface area contributed by atoms with Crippen LogP contribution in [0.1, 0.15) is 10.4 Å². The summed E-state index contributed by atoms with van der Waals surface area (Å²) in [5.41, 5.74) is 0.965. The number of aromatic nitrogens is 1. The first-order chi connectivity index (χ1) is 8.56. The van der Waals surface area contributed by atoms with Gasteiger partial charge in [-0.25, -0.2) is 4.98 Å². The number of benzene rings is 1. The Balaban J connectivity index is 2.21. The molecule has 1 amide bonds. The van der Waals surface area contributed by atoms with Crippen molar-refractivity contribution in [2.75, 3.05) is 5.32 Å². The second kappa shape index (κ2) is 5.69. The Bertz CT molecular complexity index is 587. The van der Waals surface area contributed by atoms with Crippen LogP contribution in [0.15, 0.2) is 41.0 Å². The van der Waals surface area contributed by atoms with E-state index in [1.54, 1.807) is 12.1 Å². The SMILES string of the molecule is O=C(Nc1ccc(Br)cc1)c1cc(Cl)ncc1Cl. The Labute approximate surface area is 122 Å². The van der Waals surface area contributed by atoms with Gasteiger partial charge in [-0.2, -0.15) is 0 Å². The molecule has 6 heteroatoms. The van der Waals surface area contributed by atoms with Crippen LogP contribution in [0.5, 0.6) is 0 Å². The second-order valence-electron chi connectivity index (χ2n) is 3.45. The number of nitrogens with zero attached hydrogens (tertiary/aromatic N) is 1. The van der Waals surface area contributed by atoms with Crippen molar-refractivity contribution in [2.24, 2.45) is 0 Å². The fourth-order valence-electron chi connectivity index (χ4n) is 1.32. The first kappa shape index (κ1) is 13.3. The second-order valence-corrected chi connectivity index (χ2v) is 5.16. The van der Waals surface area contributed by atoms with Gasteiger partial charge < -0.3 is 5.32 Å². The van der Waals surface area contributed by atoms with E-state index >= 15 is 0 Å². The highest BCUT2D eigenvalue weighted by Gasteiger charge is 2.11. The molecule has 0 spiro atoms. The summed E-state index contributed by atoms with van der Waals surface area (Å²) in [5, 5.41) is 3.20. The fourth-order valence-corrected chi connectivity index (χ4v) is 1.93. The van der Waals surface area contributed by atoms with Crippen LogP contribution in [0.25, 0.3) is 0 Å². The van der Waals surface area contributed by atoms with Gasteiger partial charge >= 0.3 is 0 Å². The van der Waals surface area contributed by atoms with Gasteiger partial charge in [0.1, 0.15) is 5.15 Å². The maximum absolute atomic E-state index is 12.0. The standard InChI is InChI=1S/C12H7BrCl2N2O/c13-7-1-3-8(4-2-7)17-12(18)9-5-11(15)16-6-10(9)14/h1-6H,(H,17,18). The maximum atomic E-state index is 12.0. The smallest absolute Gasteiger partial charge is 0.257 e. The Morgan fingerprint density at radius 2 is 1.89 bits per heavy atom. The minimum absolute atomic E-state index is 0.223. The zero-order valence-corrected chi connectivity index (χ0v) is 12.1. The molecule has 1 aromatic heterocycles. The average molecular weight is 346 g/mol. The lowest BCUT2D eigenvalue weighted by Gasteiger charge is -2.06. The third-order valence-corrected chi connectivity index (χ3v) is 3.21. The average Bonchev–Trinajstić information content (AvgIpc) is 2.35. The molecule has 0 saturated carbocycles. The molecule has 18 heavy (non-hydrogen) atoms. The summed E-state index contributed by atoms with van der Waals surface area (Å²) >= 11 is 14.9. The molecule has 0 bridgehead atoms. The summed E-state index contributed by atoms with van der Waals surface area (Å²) in [6, 6.07) is 8.64. The summed E-state index contributed by atoms with van der Waals surface area (Å²) in [7, 11) is 0. The Kier molecular flexibility index (Phi) is 4.22. The van der Waals surface area contributed by atoms with E-state index in [1.165, 1.54) is 12.3 Å². The van der Waals surface area contributed by atoms with Gasteiger partial charge in [-0.15, -0.1) is 0 Å².